The number of likely N-dealkylation sites (tertiary alicyclic amines) is 1. The first kappa shape index (κ1) is 18.8. The maximum atomic E-state index is 12.8. The van der Waals surface area contributed by atoms with E-state index in [4.69, 9.17) is 9.26 Å². The van der Waals surface area contributed by atoms with Crippen LogP contribution < -0.4 is 0 Å². The molecule has 154 valence electrons. The lowest BCUT2D eigenvalue weighted by Gasteiger charge is -2.46. The van der Waals surface area contributed by atoms with Gasteiger partial charge in [-0.05, 0) is 63.5 Å². The van der Waals surface area contributed by atoms with E-state index in [-0.39, 0.29) is 11.5 Å². The second kappa shape index (κ2) is 7.56. The molecule has 1 saturated carbocycles. The molecule has 0 N–H and O–H groups in total. The van der Waals surface area contributed by atoms with Gasteiger partial charge in [-0.15, -0.1) is 0 Å². The van der Waals surface area contributed by atoms with Crippen molar-refractivity contribution in [3.05, 3.63) is 47.1 Å². The summed E-state index contributed by atoms with van der Waals surface area (Å²) < 4.78 is 11.8. The first-order chi connectivity index (χ1) is 14.1. The highest BCUT2D eigenvalue weighted by molar-refractivity contribution is 5.94. The predicted octanol–water partition coefficient (Wildman–Crippen LogP) is 3.90. The largest absolute Gasteiger partial charge is 0.375 e. The summed E-state index contributed by atoms with van der Waals surface area (Å²) in [6, 6.07) is 7.86. The summed E-state index contributed by atoms with van der Waals surface area (Å²) in [6.45, 7) is 4.31. The normalized spacial score (nSPS) is 24.0. The number of aryl methyl sites for hydroxylation is 1. The molecule has 1 unspecified atom stereocenters. The number of nitrogens with zero attached hydrogens (tertiary/aromatic N) is 3. The van der Waals surface area contributed by atoms with Crippen LogP contribution in [0.5, 0.6) is 0 Å². The number of hydrogen-bond acceptors (Lipinski definition) is 5. The second-order valence-corrected chi connectivity index (χ2v) is 9.08. The number of ether oxygens (including phenoxy) is 1. The molecule has 6 heteroatoms. The van der Waals surface area contributed by atoms with E-state index in [2.05, 4.69) is 10.1 Å². The predicted molar refractivity (Wildman–Crippen MR) is 108 cm³/mol. The van der Waals surface area contributed by atoms with Crippen molar-refractivity contribution in [1.29, 1.82) is 0 Å². The Morgan fingerprint density at radius 2 is 2.07 bits per heavy atom. The lowest BCUT2D eigenvalue weighted by Crippen LogP contribution is -2.51. The maximum Gasteiger partial charge on any atom is 0.253 e. The van der Waals surface area contributed by atoms with Crippen LogP contribution in [0.1, 0.15) is 72.1 Å². The van der Waals surface area contributed by atoms with E-state index in [1.54, 1.807) is 0 Å². The maximum absolute atomic E-state index is 12.8. The van der Waals surface area contributed by atoms with Crippen molar-refractivity contribution in [3.63, 3.8) is 0 Å². The summed E-state index contributed by atoms with van der Waals surface area (Å²) in [4.78, 5) is 19.4. The van der Waals surface area contributed by atoms with Gasteiger partial charge in [-0.2, -0.15) is 4.98 Å². The molecule has 29 heavy (non-hydrogen) atoms. The standard InChI is InChI=1S/C23H29N3O3/c1-16-3-2-4-19(13-16)22(27)26-10-8-23(9-11-26)15-17(7-12-28-23)14-20-24-21(25-29-20)18-5-6-18/h2-4,13,17-18H,5-12,14-15H2,1H3. The van der Waals surface area contributed by atoms with Crippen molar-refractivity contribution in [2.24, 2.45) is 5.92 Å². The molecule has 3 heterocycles. The molecule has 2 aliphatic heterocycles. The highest BCUT2D eigenvalue weighted by Gasteiger charge is 2.41. The van der Waals surface area contributed by atoms with Gasteiger partial charge in [0.1, 0.15) is 0 Å². The molecule has 3 fully saturated rings. The van der Waals surface area contributed by atoms with Crippen LogP contribution in [-0.4, -0.2) is 46.2 Å². The average molecular weight is 396 g/mol. The van der Waals surface area contributed by atoms with Crippen LogP contribution in [0.4, 0.5) is 0 Å². The summed E-state index contributed by atoms with van der Waals surface area (Å²) >= 11 is 0. The third-order valence-corrected chi connectivity index (χ3v) is 6.71. The van der Waals surface area contributed by atoms with Crippen LogP contribution in [0.25, 0.3) is 0 Å². The quantitative estimate of drug-likeness (QED) is 0.785. The summed E-state index contributed by atoms with van der Waals surface area (Å²) in [7, 11) is 0. The number of benzene rings is 1. The number of aromatic nitrogens is 2. The van der Waals surface area contributed by atoms with Crippen LogP contribution in [0.3, 0.4) is 0 Å². The van der Waals surface area contributed by atoms with Crippen LogP contribution >= 0.6 is 0 Å². The molecule has 2 aromatic rings. The minimum absolute atomic E-state index is 0.106. The fraction of sp³-hybridized carbons (Fsp3) is 0.609. The first-order valence-electron chi connectivity index (χ1n) is 10.9. The Morgan fingerprint density at radius 3 is 2.83 bits per heavy atom. The van der Waals surface area contributed by atoms with E-state index in [1.165, 1.54) is 12.8 Å². The lowest BCUT2D eigenvalue weighted by molar-refractivity contribution is -0.124. The van der Waals surface area contributed by atoms with E-state index in [0.29, 0.717) is 11.8 Å². The van der Waals surface area contributed by atoms with E-state index >= 15 is 0 Å². The minimum atomic E-state index is -0.106. The Bertz CT molecular complexity index is 881. The van der Waals surface area contributed by atoms with Crippen molar-refractivity contribution < 1.29 is 14.1 Å². The fourth-order valence-corrected chi connectivity index (χ4v) is 4.84. The Hall–Kier alpha value is -2.21. The zero-order valence-electron chi connectivity index (χ0n) is 17.1. The molecule has 6 nitrogen and oxygen atoms in total. The highest BCUT2D eigenvalue weighted by atomic mass is 16.5. The molecule has 2 saturated heterocycles. The highest BCUT2D eigenvalue weighted by Crippen LogP contribution is 2.40. The molecule has 1 atom stereocenters. The molecular formula is C23H29N3O3. The molecule has 0 radical (unpaired) electrons. The smallest absolute Gasteiger partial charge is 0.253 e. The van der Waals surface area contributed by atoms with E-state index in [9.17, 15) is 4.79 Å². The molecular weight excluding hydrogens is 366 g/mol. The molecule has 1 aromatic heterocycles. The van der Waals surface area contributed by atoms with E-state index in [0.717, 1.165) is 74.6 Å². The Morgan fingerprint density at radius 1 is 1.24 bits per heavy atom. The number of hydrogen-bond donors (Lipinski definition) is 0. The average Bonchev–Trinajstić information content (AvgIpc) is 3.48. The number of carbonyl (C=O) groups is 1. The van der Waals surface area contributed by atoms with Crippen molar-refractivity contribution >= 4 is 5.91 Å². The SMILES string of the molecule is Cc1cccc(C(=O)N2CCC3(CC2)CC(Cc2nc(C4CC4)no2)CCO3)c1. The monoisotopic (exact) mass is 395 g/mol. The molecule has 1 spiro atoms. The van der Waals surface area contributed by atoms with Crippen molar-refractivity contribution in [2.75, 3.05) is 19.7 Å². The van der Waals surface area contributed by atoms with Gasteiger partial charge in [0.25, 0.3) is 5.91 Å². The van der Waals surface area contributed by atoms with Gasteiger partial charge in [0.05, 0.1) is 5.60 Å². The zero-order chi connectivity index (χ0) is 19.8. The molecule has 1 aliphatic carbocycles. The third-order valence-electron chi connectivity index (χ3n) is 6.71. The first-order valence-corrected chi connectivity index (χ1v) is 10.9. The molecule has 3 aliphatic rings. The minimum Gasteiger partial charge on any atom is -0.375 e. The molecule has 0 bridgehead atoms. The van der Waals surface area contributed by atoms with Crippen LogP contribution in [-0.2, 0) is 11.2 Å². The summed E-state index contributed by atoms with van der Waals surface area (Å²) in [5.74, 6) is 2.85. The second-order valence-electron chi connectivity index (χ2n) is 9.08. The van der Waals surface area contributed by atoms with Gasteiger partial charge in [0, 0.05) is 37.6 Å². The van der Waals surface area contributed by atoms with Gasteiger partial charge in [0.15, 0.2) is 5.82 Å². The summed E-state index contributed by atoms with van der Waals surface area (Å²) in [5, 5.41) is 4.15. The lowest BCUT2D eigenvalue weighted by atomic mass is 9.78. The van der Waals surface area contributed by atoms with Crippen molar-refractivity contribution in [2.45, 2.75) is 63.4 Å². The van der Waals surface area contributed by atoms with Gasteiger partial charge in [-0.1, -0.05) is 22.9 Å². The van der Waals surface area contributed by atoms with Gasteiger partial charge in [-0.25, -0.2) is 0 Å². The number of carbonyl (C=O) groups excluding carboxylic acids is 1. The Kier molecular flexibility index (Phi) is 4.90. The van der Waals surface area contributed by atoms with Crippen molar-refractivity contribution in [1.82, 2.24) is 15.0 Å². The zero-order valence-corrected chi connectivity index (χ0v) is 17.1. The van der Waals surface area contributed by atoms with Crippen molar-refractivity contribution in [3.8, 4) is 0 Å². The number of rotatable bonds is 4. The topological polar surface area (TPSA) is 68.5 Å². The van der Waals surface area contributed by atoms with Crippen LogP contribution in [0.2, 0.25) is 0 Å². The van der Waals surface area contributed by atoms with Gasteiger partial charge < -0.3 is 14.2 Å². The van der Waals surface area contributed by atoms with E-state index < -0.39 is 0 Å². The van der Waals surface area contributed by atoms with Crippen LogP contribution in [0.15, 0.2) is 28.8 Å². The fourth-order valence-electron chi connectivity index (χ4n) is 4.84. The number of amides is 1. The molecule has 5 rings (SSSR count). The Labute approximate surface area is 171 Å². The van der Waals surface area contributed by atoms with E-state index in [1.807, 2.05) is 36.1 Å². The van der Waals surface area contributed by atoms with Crippen LogP contribution in [0, 0.1) is 12.8 Å². The van der Waals surface area contributed by atoms with Gasteiger partial charge in [0.2, 0.25) is 5.89 Å². The summed E-state index contributed by atoms with van der Waals surface area (Å²) in [5.41, 5.74) is 1.80. The Balaban J connectivity index is 1.19. The molecule has 1 amide bonds. The number of piperidine rings is 1. The van der Waals surface area contributed by atoms with Gasteiger partial charge in [-0.3, -0.25) is 4.79 Å². The molecule has 1 aromatic carbocycles. The van der Waals surface area contributed by atoms with Gasteiger partial charge >= 0.3 is 0 Å². The summed E-state index contributed by atoms with van der Waals surface area (Å²) in [6.07, 6.45) is 7.08. The third kappa shape index (κ3) is 4.08.